The number of rotatable bonds is 7. The van der Waals surface area contributed by atoms with Crippen molar-refractivity contribution >= 4 is 23.6 Å². The molecule has 27 heavy (non-hydrogen) atoms. The molecule has 1 heterocycles. The SMILES string of the molecule is COC(=O)CCC/C=C/c1nn(-c2ccc(NC(C)=O)cc2)c2c1CCC2. The Hall–Kier alpha value is -2.89. The molecule has 6 nitrogen and oxygen atoms in total. The molecule has 1 aromatic heterocycles. The third kappa shape index (κ3) is 4.64. The minimum Gasteiger partial charge on any atom is -0.469 e. The Balaban J connectivity index is 1.73. The third-order valence-corrected chi connectivity index (χ3v) is 4.65. The van der Waals surface area contributed by atoms with E-state index < -0.39 is 0 Å². The number of ether oxygens (including phenoxy) is 1. The maximum absolute atomic E-state index is 11.2. The first-order valence-corrected chi connectivity index (χ1v) is 9.30. The topological polar surface area (TPSA) is 73.2 Å². The van der Waals surface area contributed by atoms with Crippen molar-refractivity contribution in [2.75, 3.05) is 12.4 Å². The number of carbonyl (C=O) groups is 2. The zero-order valence-electron chi connectivity index (χ0n) is 15.8. The molecule has 0 bridgehead atoms. The molecule has 1 aliphatic rings. The van der Waals surface area contributed by atoms with E-state index in [4.69, 9.17) is 5.10 Å². The van der Waals surface area contributed by atoms with E-state index in [9.17, 15) is 9.59 Å². The lowest BCUT2D eigenvalue weighted by molar-refractivity contribution is -0.140. The van der Waals surface area contributed by atoms with Gasteiger partial charge in [-0.05, 0) is 62.4 Å². The Bertz CT molecular complexity index is 850. The van der Waals surface area contributed by atoms with Gasteiger partial charge in [-0.15, -0.1) is 0 Å². The van der Waals surface area contributed by atoms with Crippen LogP contribution in [0.15, 0.2) is 30.3 Å². The fourth-order valence-electron chi connectivity index (χ4n) is 3.36. The predicted molar refractivity (Wildman–Crippen MR) is 105 cm³/mol. The molecule has 0 saturated carbocycles. The summed E-state index contributed by atoms with van der Waals surface area (Å²) >= 11 is 0. The summed E-state index contributed by atoms with van der Waals surface area (Å²) in [5, 5.41) is 7.57. The molecule has 0 unspecified atom stereocenters. The third-order valence-electron chi connectivity index (χ3n) is 4.65. The Morgan fingerprint density at radius 1 is 1.26 bits per heavy atom. The van der Waals surface area contributed by atoms with Crippen LogP contribution in [-0.2, 0) is 27.2 Å². The highest BCUT2D eigenvalue weighted by Crippen LogP contribution is 2.29. The van der Waals surface area contributed by atoms with Gasteiger partial charge in [-0.25, -0.2) is 4.68 Å². The average Bonchev–Trinajstić information content (AvgIpc) is 3.25. The molecule has 142 valence electrons. The summed E-state index contributed by atoms with van der Waals surface area (Å²) in [7, 11) is 1.41. The van der Waals surface area contributed by atoms with Crippen molar-refractivity contribution in [2.24, 2.45) is 0 Å². The van der Waals surface area contributed by atoms with Gasteiger partial charge < -0.3 is 10.1 Å². The summed E-state index contributed by atoms with van der Waals surface area (Å²) in [6.07, 6.45) is 9.37. The Kier molecular flexibility index (Phi) is 6.06. The van der Waals surface area contributed by atoms with Crippen LogP contribution >= 0.6 is 0 Å². The van der Waals surface area contributed by atoms with Gasteiger partial charge in [0.15, 0.2) is 0 Å². The molecule has 2 aromatic rings. The number of hydrogen-bond donors (Lipinski definition) is 1. The second kappa shape index (κ2) is 8.66. The molecule has 1 aromatic carbocycles. The second-order valence-electron chi connectivity index (χ2n) is 6.67. The van der Waals surface area contributed by atoms with Crippen molar-refractivity contribution in [1.29, 1.82) is 0 Å². The van der Waals surface area contributed by atoms with Crippen molar-refractivity contribution in [2.45, 2.75) is 45.4 Å². The maximum atomic E-state index is 11.2. The van der Waals surface area contributed by atoms with Crippen molar-refractivity contribution in [1.82, 2.24) is 9.78 Å². The standard InChI is InChI=1S/C21H25N3O3/c1-15(25)22-16-11-13-17(14-12-16)24-20-9-6-7-18(20)19(23-24)8-4-3-5-10-21(26)27-2/h4,8,11-14H,3,5-7,9-10H2,1-2H3,(H,22,25)/b8-4+. The molecule has 0 aliphatic heterocycles. The lowest BCUT2D eigenvalue weighted by Crippen LogP contribution is -2.06. The molecule has 1 amide bonds. The van der Waals surface area contributed by atoms with E-state index >= 15 is 0 Å². The van der Waals surface area contributed by atoms with Crippen LogP contribution in [0.1, 0.15) is 49.6 Å². The average molecular weight is 367 g/mol. The molecule has 1 N–H and O–H groups in total. The monoisotopic (exact) mass is 367 g/mol. The van der Waals surface area contributed by atoms with E-state index in [0.717, 1.165) is 49.2 Å². The van der Waals surface area contributed by atoms with E-state index in [0.29, 0.717) is 6.42 Å². The summed E-state index contributed by atoms with van der Waals surface area (Å²) in [5.41, 5.74) is 5.35. The van der Waals surface area contributed by atoms with Gasteiger partial charge in [-0.2, -0.15) is 5.10 Å². The molecule has 6 heteroatoms. The molecular formula is C21H25N3O3. The quantitative estimate of drug-likeness (QED) is 0.598. The molecule has 0 saturated heterocycles. The molecular weight excluding hydrogens is 342 g/mol. The lowest BCUT2D eigenvalue weighted by atomic mass is 10.1. The highest BCUT2D eigenvalue weighted by atomic mass is 16.5. The van der Waals surface area contributed by atoms with Crippen molar-refractivity contribution in [3.05, 3.63) is 47.3 Å². The minimum absolute atomic E-state index is 0.0812. The van der Waals surface area contributed by atoms with Crippen LogP contribution in [0.2, 0.25) is 0 Å². The van der Waals surface area contributed by atoms with Crippen molar-refractivity contribution in [3.63, 3.8) is 0 Å². The number of hydrogen-bond acceptors (Lipinski definition) is 4. The lowest BCUT2D eigenvalue weighted by Gasteiger charge is -2.07. The molecule has 3 rings (SSSR count). The van der Waals surface area contributed by atoms with E-state index in [-0.39, 0.29) is 11.9 Å². The van der Waals surface area contributed by atoms with Crippen LogP contribution in [0.5, 0.6) is 0 Å². The minimum atomic E-state index is -0.170. The summed E-state index contributed by atoms with van der Waals surface area (Å²) < 4.78 is 6.66. The van der Waals surface area contributed by atoms with Crippen LogP contribution in [0.25, 0.3) is 11.8 Å². The first kappa shape index (κ1) is 18.9. The molecule has 0 spiro atoms. The van der Waals surface area contributed by atoms with Gasteiger partial charge in [0.25, 0.3) is 0 Å². The van der Waals surface area contributed by atoms with Gasteiger partial charge >= 0.3 is 5.97 Å². The molecule has 0 atom stereocenters. The van der Waals surface area contributed by atoms with Crippen LogP contribution in [0.4, 0.5) is 5.69 Å². The smallest absolute Gasteiger partial charge is 0.305 e. The number of esters is 1. The van der Waals surface area contributed by atoms with Gasteiger partial charge in [0.05, 0.1) is 18.5 Å². The fourth-order valence-corrected chi connectivity index (χ4v) is 3.36. The number of allylic oxidation sites excluding steroid dienone is 1. The van der Waals surface area contributed by atoms with Gasteiger partial charge in [0, 0.05) is 30.3 Å². The van der Waals surface area contributed by atoms with Crippen molar-refractivity contribution in [3.8, 4) is 5.69 Å². The molecule has 0 fully saturated rings. The number of nitrogens with one attached hydrogen (secondary N) is 1. The number of amides is 1. The number of benzene rings is 1. The summed E-state index contributed by atoms with van der Waals surface area (Å²) in [6.45, 7) is 1.50. The largest absolute Gasteiger partial charge is 0.469 e. The van der Waals surface area contributed by atoms with Gasteiger partial charge in [-0.3, -0.25) is 9.59 Å². The summed E-state index contributed by atoms with van der Waals surface area (Å²) in [5.74, 6) is -0.251. The van der Waals surface area contributed by atoms with Gasteiger partial charge in [-0.1, -0.05) is 6.08 Å². The predicted octanol–water partition coefficient (Wildman–Crippen LogP) is 3.68. The number of anilines is 1. The number of nitrogens with zero attached hydrogens (tertiary/aromatic N) is 2. The normalized spacial score (nSPS) is 13.0. The zero-order chi connectivity index (χ0) is 19.2. The number of fused-ring (bicyclic) bond motifs is 1. The van der Waals surface area contributed by atoms with E-state index in [2.05, 4.69) is 22.2 Å². The highest BCUT2D eigenvalue weighted by Gasteiger charge is 2.21. The summed E-state index contributed by atoms with van der Waals surface area (Å²) in [4.78, 5) is 22.3. The maximum Gasteiger partial charge on any atom is 0.305 e. The van der Waals surface area contributed by atoms with Crippen LogP contribution in [-0.4, -0.2) is 28.8 Å². The van der Waals surface area contributed by atoms with Crippen LogP contribution < -0.4 is 5.32 Å². The van der Waals surface area contributed by atoms with Crippen LogP contribution in [0.3, 0.4) is 0 Å². The number of methoxy groups -OCH3 is 1. The zero-order valence-corrected chi connectivity index (χ0v) is 15.8. The van der Waals surface area contributed by atoms with Crippen molar-refractivity contribution < 1.29 is 14.3 Å². The van der Waals surface area contributed by atoms with E-state index in [1.807, 2.05) is 28.9 Å². The van der Waals surface area contributed by atoms with Gasteiger partial charge in [0.2, 0.25) is 5.91 Å². The number of aromatic nitrogens is 2. The Morgan fingerprint density at radius 3 is 2.74 bits per heavy atom. The number of carbonyl (C=O) groups excluding carboxylic acids is 2. The van der Waals surface area contributed by atoms with Gasteiger partial charge in [0.1, 0.15) is 0 Å². The second-order valence-corrected chi connectivity index (χ2v) is 6.67. The van der Waals surface area contributed by atoms with E-state index in [1.165, 1.54) is 25.3 Å². The first-order valence-electron chi connectivity index (χ1n) is 9.30. The highest BCUT2D eigenvalue weighted by molar-refractivity contribution is 5.88. The number of unbranched alkanes of at least 4 members (excludes halogenated alkanes) is 1. The first-order chi connectivity index (χ1) is 13.1. The van der Waals surface area contributed by atoms with Crippen LogP contribution in [0, 0.1) is 0 Å². The fraction of sp³-hybridized carbons (Fsp3) is 0.381. The Morgan fingerprint density at radius 2 is 2.04 bits per heavy atom. The Labute approximate surface area is 159 Å². The molecule has 0 radical (unpaired) electrons. The van der Waals surface area contributed by atoms with E-state index in [1.54, 1.807) is 0 Å². The molecule has 1 aliphatic carbocycles. The summed E-state index contributed by atoms with van der Waals surface area (Å²) in [6, 6.07) is 7.73.